The topological polar surface area (TPSA) is 49.9 Å². The molecule has 0 saturated carbocycles. The number of carbonyl (C=O) groups is 2. The molecular formula is C22H25FN2O3. The molecule has 0 unspecified atom stereocenters. The molecule has 148 valence electrons. The lowest BCUT2D eigenvalue weighted by Gasteiger charge is -2.36. The van der Waals surface area contributed by atoms with Crippen LogP contribution in [0.15, 0.2) is 36.4 Å². The number of amides is 1. The number of benzene rings is 2. The third-order valence-corrected chi connectivity index (χ3v) is 5.17. The van der Waals surface area contributed by atoms with Crippen LogP contribution in [0.3, 0.4) is 0 Å². The molecule has 2 aromatic rings. The van der Waals surface area contributed by atoms with Crippen LogP contribution in [0, 0.1) is 19.7 Å². The van der Waals surface area contributed by atoms with Gasteiger partial charge in [0.15, 0.2) is 12.4 Å². The molecule has 1 fully saturated rings. The maximum atomic E-state index is 14.3. The molecule has 3 rings (SSSR count). The molecule has 1 saturated heterocycles. The fourth-order valence-electron chi connectivity index (χ4n) is 3.22. The van der Waals surface area contributed by atoms with Crippen molar-refractivity contribution >= 4 is 17.4 Å². The SMILES string of the molecule is CC(=O)c1ccc(N2CCN(C(=O)COc3ccc(C)c(C)c3)CC2)c(F)c1. The van der Waals surface area contributed by atoms with Gasteiger partial charge in [-0.05, 0) is 62.2 Å². The number of aryl methyl sites for hydroxylation is 2. The molecule has 1 aliphatic heterocycles. The van der Waals surface area contributed by atoms with Crippen LogP contribution in [0.5, 0.6) is 5.75 Å². The van der Waals surface area contributed by atoms with E-state index in [0.717, 1.165) is 5.56 Å². The predicted molar refractivity (Wildman–Crippen MR) is 107 cm³/mol. The highest BCUT2D eigenvalue weighted by Gasteiger charge is 2.23. The summed E-state index contributed by atoms with van der Waals surface area (Å²) < 4.78 is 20.0. The van der Waals surface area contributed by atoms with Crippen LogP contribution in [0.1, 0.15) is 28.4 Å². The van der Waals surface area contributed by atoms with Crippen molar-refractivity contribution in [3.8, 4) is 5.75 Å². The Morgan fingerprint density at radius 1 is 1.00 bits per heavy atom. The number of rotatable bonds is 5. The average Bonchev–Trinajstić information content (AvgIpc) is 2.68. The van der Waals surface area contributed by atoms with Crippen molar-refractivity contribution in [3.05, 3.63) is 58.9 Å². The molecule has 0 atom stereocenters. The minimum absolute atomic E-state index is 0.00975. The normalized spacial score (nSPS) is 14.1. The maximum Gasteiger partial charge on any atom is 0.260 e. The van der Waals surface area contributed by atoms with Gasteiger partial charge in [0.2, 0.25) is 0 Å². The van der Waals surface area contributed by atoms with E-state index in [1.54, 1.807) is 17.0 Å². The molecule has 0 aromatic heterocycles. The first-order valence-corrected chi connectivity index (χ1v) is 9.38. The molecular weight excluding hydrogens is 359 g/mol. The average molecular weight is 384 g/mol. The number of Topliss-reactive ketones (excluding diaryl/α,β-unsaturated/α-hetero) is 1. The molecule has 0 spiro atoms. The molecule has 5 nitrogen and oxygen atoms in total. The van der Waals surface area contributed by atoms with E-state index >= 15 is 0 Å². The Kier molecular flexibility index (Phi) is 5.97. The zero-order chi connectivity index (χ0) is 20.3. The van der Waals surface area contributed by atoms with E-state index in [9.17, 15) is 14.0 Å². The Balaban J connectivity index is 1.54. The molecule has 0 aliphatic carbocycles. The summed E-state index contributed by atoms with van der Waals surface area (Å²) >= 11 is 0. The first-order valence-electron chi connectivity index (χ1n) is 9.38. The van der Waals surface area contributed by atoms with E-state index < -0.39 is 5.82 Å². The number of hydrogen-bond donors (Lipinski definition) is 0. The highest BCUT2D eigenvalue weighted by molar-refractivity contribution is 5.94. The molecule has 1 amide bonds. The number of hydrogen-bond acceptors (Lipinski definition) is 4. The lowest BCUT2D eigenvalue weighted by atomic mass is 10.1. The standard InChI is InChI=1S/C22H25FN2O3/c1-15-4-6-19(12-16(15)2)28-14-22(27)25-10-8-24(9-11-25)21-7-5-18(17(3)26)13-20(21)23/h4-7,12-13H,8-11,14H2,1-3H3. The fraction of sp³-hybridized carbons (Fsp3) is 0.364. The summed E-state index contributed by atoms with van der Waals surface area (Å²) in [4.78, 5) is 27.4. The summed E-state index contributed by atoms with van der Waals surface area (Å²) in [5, 5.41) is 0. The van der Waals surface area contributed by atoms with Crippen LogP contribution < -0.4 is 9.64 Å². The molecule has 1 aliphatic rings. The summed E-state index contributed by atoms with van der Waals surface area (Å²) in [5.74, 6) is 0.0307. The van der Waals surface area contributed by atoms with E-state index in [0.29, 0.717) is 43.2 Å². The lowest BCUT2D eigenvalue weighted by Crippen LogP contribution is -2.50. The number of halogens is 1. The predicted octanol–water partition coefficient (Wildman–Crippen LogP) is 3.37. The fourth-order valence-corrected chi connectivity index (χ4v) is 3.22. The Morgan fingerprint density at radius 2 is 1.71 bits per heavy atom. The van der Waals surface area contributed by atoms with Gasteiger partial charge in [0.05, 0.1) is 5.69 Å². The second kappa shape index (κ2) is 8.42. The van der Waals surface area contributed by atoms with Gasteiger partial charge >= 0.3 is 0 Å². The van der Waals surface area contributed by atoms with Gasteiger partial charge in [-0.25, -0.2) is 4.39 Å². The Hall–Kier alpha value is -2.89. The minimum atomic E-state index is -0.412. The summed E-state index contributed by atoms with van der Waals surface area (Å²) in [6.07, 6.45) is 0. The van der Waals surface area contributed by atoms with Crippen LogP contribution in [0.4, 0.5) is 10.1 Å². The number of ether oxygens (including phenoxy) is 1. The van der Waals surface area contributed by atoms with Gasteiger partial charge in [0.25, 0.3) is 5.91 Å². The summed E-state index contributed by atoms with van der Waals surface area (Å²) in [6.45, 7) is 7.51. The van der Waals surface area contributed by atoms with Crippen LogP contribution in [-0.4, -0.2) is 49.4 Å². The van der Waals surface area contributed by atoms with Gasteiger partial charge in [0, 0.05) is 31.7 Å². The van der Waals surface area contributed by atoms with E-state index in [4.69, 9.17) is 4.74 Å². The van der Waals surface area contributed by atoms with Crippen LogP contribution >= 0.6 is 0 Å². The van der Waals surface area contributed by atoms with Gasteiger partial charge in [-0.3, -0.25) is 9.59 Å². The molecule has 6 heteroatoms. The Bertz CT molecular complexity index is 889. The largest absolute Gasteiger partial charge is 0.484 e. The quantitative estimate of drug-likeness (QED) is 0.742. The van der Waals surface area contributed by atoms with Crippen molar-refractivity contribution in [1.29, 1.82) is 0 Å². The van der Waals surface area contributed by atoms with Crippen molar-refractivity contribution in [1.82, 2.24) is 4.90 Å². The summed E-state index contributed by atoms with van der Waals surface area (Å²) in [6, 6.07) is 10.3. The monoisotopic (exact) mass is 384 g/mol. The van der Waals surface area contributed by atoms with Gasteiger partial charge in [-0.2, -0.15) is 0 Å². The molecule has 0 radical (unpaired) electrons. The van der Waals surface area contributed by atoms with Crippen molar-refractivity contribution in [3.63, 3.8) is 0 Å². The number of carbonyl (C=O) groups excluding carboxylic acids is 2. The van der Waals surface area contributed by atoms with Gasteiger partial charge in [-0.15, -0.1) is 0 Å². The second-order valence-electron chi connectivity index (χ2n) is 7.12. The zero-order valence-electron chi connectivity index (χ0n) is 16.5. The van der Waals surface area contributed by atoms with Crippen molar-refractivity contribution in [2.45, 2.75) is 20.8 Å². The third kappa shape index (κ3) is 4.50. The Labute approximate surface area is 164 Å². The summed E-state index contributed by atoms with van der Waals surface area (Å²) in [7, 11) is 0. The zero-order valence-corrected chi connectivity index (χ0v) is 16.5. The molecule has 0 bridgehead atoms. The van der Waals surface area contributed by atoms with E-state index in [2.05, 4.69) is 0 Å². The maximum absolute atomic E-state index is 14.3. The number of ketones is 1. The van der Waals surface area contributed by atoms with Crippen molar-refractivity contribution in [2.24, 2.45) is 0 Å². The van der Waals surface area contributed by atoms with E-state index in [-0.39, 0.29) is 18.3 Å². The van der Waals surface area contributed by atoms with Crippen molar-refractivity contribution < 1.29 is 18.7 Å². The van der Waals surface area contributed by atoms with Crippen molar-refractivity contribution in [2.75, 3.05) is 37.7 Å². The Morgan fingerprint density at radius 3 is 2.32 bits per heavy atom. The highest BCUT2D eigenvalue weighted by Crippen LogP contribution is 2.22. The van der Waals surface area contributed by atoms with Gasteiger partial charge in [0.1, 0.15) is 11.6 Å². The summed E-state index contributed by atoms with van der Waals surface area (Å²) in [5.41, 5.74) is 3.12. The van der Waals surface area contributed by atoms with Gasteiger partial charge in [-0.1, -0.05) is 6.07 Å². The van der Waals surface area contributed by atoms with Crippen LogP contribution in [-0.2, 0) is 4.79 Å². The number of anilines is 1. The van der Waals surface area contributed by atoms with E-state index in [1.807, 2.05) is 36.9 Å². The van der Waals surface area contributed by atoms with Crippen LogP contribution in [0.2, 0.25) is 0 Å². The molecule has 0 N–H and O–H groups in total. The highest BCUT2D eigenvalue weighted by atomic mass is 19.1. The lowest BCUT2D eigenvalue weighted by molar-refractivity contribution is -0.133. The minimum Gasteiger partial charge on any atom is -0.484 e. The first kappa shape index (κ1) is 19.9. The third-order valence-electron chi connectivity index (χ3n) is 5.17. The second-order valence-corrected chi connectivity index (χ2v) is 7.12. The molecule has 1 heterocycles. The smallest absolute Gasteiger partial charge is 0.260 e. The first-order chi connectivity index (χ1) is 13.3. The molecule has 2 aromatic carbocycles. The number of piperazine rings is 1. The molecule has 28 heavy (non-hydrogen) atoms. The van der Waals surface area contributed by atoms with Crippen LogP contribution in [0.25, 0.3) is 0 Å². The van der Waals surface area contributed by atoms with Gasteiger partial charge < -0.3 is 14.5 Å². The number of nitrogens with zero attached hydrogens (tertiary/aromatic N) is 2. The van der Waals surface area contributed by atoms with E-state index in [1.165, 1.54) is 18.6 Å².